The van der Waals surface area contributed by atoms with E-state index in [0.717, 1.165) is 43.4 Å². The molecule has 7 atom stereocenters. The van der Waals surface area contributed by atoms with Gasteiger partial charge in [-0.2, -0.15) is 0 Å². The van der Waals surface area contributed by atoms with Crippen molar-refractivity contribution < 1.29 is 9.59 Å². The third kappa shape index (κ3) is 3.16. The van der Waals surface area contributed by atoms with Gasteiger partial charge in [0, 0.05) is 23.1 Å². The second kappa shape index (κ2) is 7.21. The van der Waals surface area contributed by atoms with E-state index in [-0.39, 0.29) is 34.6 Å². The lowest BCUT2D eigenvalue weighted by Crippen LogP contribution is -2.59. The SMILES string of the molecule is Cc1ccc(C)c(NC(=O)[C@H]2CC[C@H]3[C@@H]4CC[C@H]5NC(=O)C=C[C@]5(C)[C@H]4CC[C@]23C)c1. The summed E-state index contributed by atoms with van der Waals surface area (Å²) in [6.45, 7) is 8.88. The maximum absolute atomic E-state index is 13.5. The van der Waals surface area contributed by atoms with Crippen LogP contribution in [0.4, 0.5) is 5.69 Å². The van der Waals surface area contributed by atoms with Crippen LogP contribution in [0, 0.1) is 48.3 Å². The van der Waals surface area contributed by atoms with Crippen LogP contribution in [0.25, 0.3) is 0 Å². The topological polar surface area (TPSA) is 58.2 Å². The fourth-order valence-electron chi connectivity index (χ4n) is 7.85. The fraction of sp³-hybridized carbons (Fsp3) is 0.630. The van der Waals surface area contributed by atoms with Gasteiger partial charge in [0.1, 0.15) is 0 Å². The van der Waals surface area contributed by atoms with Crippen LogP contribution in [-0.2, 0) is 9.59 Å². The average molecular weight is 421 g/mol. The van der Waals surface area contributed by atoms with E-state index < -0.39 is 0 Å². The molecule has 166 valence electrons. The van der Waals surface area contributed by atoms with E-state index in [9.17, 15) is 9.59 Å². The lowest BCUT2D eigenvalue weighted by atomic mass is 9.48. The van der Waals surface area contributed by atoms with Crippen molar-refractivity contribution in [2.24, 2.45) is 34.5 Å². The first-order valence-electron chi connectivity index (χ1n) is 12.1. The Morgan fingerprint density at radius 1 is 1.06 bits per heavy atom. The molecular formula is C27H36N2O2. The Labute approximate surface area is 186 Å². The number of anilines is 1. The number of hydrogen-bond donors (Lipinski definition) is 2. The van der Waals surface area contributed by atoms with Crippen molar-refractivity contribution in [3.05, 3.63) is 41.5 Å². The molecule has 0 spiro atoms. The lowest BCUT2D eigenvalue weighted by Gasteiger charge is -2.58. The Kier molecular flexibility index (Phi) is 4.84. The number of nitrogens with one attached hydrogen (secondary N) is 2. The Morgan fingerprint density at radius 3 is 2.68 bits per heavy atom. The first kappa shape index (κ1) is 20.8. The second-order valence-corrected chi connectivity index (χ2v) is 11.2. The van der Waals surface area contributed by atoms with Crippen LogP contribution in [0.3, 0.4) is 0 Å². The van der Waals surface area contributed by atoms with Crippen molar-refractivity contribution in [1.29, 1.82) is 0 Å². The Hall–Kier alpha value is -2.10. The molecule has 2 N–H and O–H groups in total. The summed E-state index contributed by atoms with van der Waals surface area (Å²) in [5, 5.41) is 6.52. The molecule has 3 saturated carbocycles. The third-order valence-corrected chi connectivity index (χ3v) is 9.65. The van der Waals surface area contributed by atoms with Gasteiger partial charge in [-0.3, -0.25) is 9.59 Å². The molecule has 3 aliphatic carbocycles. The van der Waals surface area contributed by atoms with Crippen molar-refractivity contribution >= 4 is 17.5 Å². The molecule has 0 radical (unpaired) electrons. The van der Waals surface area contributed by atoms with Crippen LogP contribution < -0.4 is 10.6 Å². The highest BCUT2D eigenvalue weighted by molar-refractivity contribution is 5.94. The van der Waals surface area contributed by atoms with Crippen molar-refractivity contribution in [3.8, 4) is 0 Å². The Balaban J connectivity index is 1.38. The largest absolute Gasteiger partial charge is 0.349 e. The first-order chi connectivity index (χ1) is 14.7. The Morgan fingerprint density at radius 2 is 1.87 bits per heavy atom. The van der Waals surface area contributed by atoms with Gasteiger partial charge in [0.2, 0.25) is 11.8 Å². The van der Waals surface area contributed by atoms with Gasteiger partial charge in [-0.1, -0.05) is 32.1 Å². The molecule has 1 aromatic rings. The molecule has 0 saturated heterocycles. The average Bonchev–Trinajstić information content (AvgIpc) is 3.08. The molecule has 1 aromatic carbocycles. The van der Waals surface area contributed by atoms with Gasteiger partial charge in [-0.05, 0) is 98.8 Å². The smallest absolute Gasteiger partial charge is 0.243 e. The van der Waals surface area contributed by atoms with Gasteiger partial charge >= 0.3 is 0 Å². The van der Waals surface area contributed by atoms with Crippen molar-refractivity contribution in [2.75, 3.05) is 5.32 Å². The molecule has 2 amide bonds. The van der Waals surface area contributed by atoms with Crippen molar-refractivity contribution in [2.45, 2.75) is 72.3 Å². The first-order valence-corrected chi connectivity index (χ1v) is 12.1. The zero-order valence-corrected chi connectivity index (χ0v) is 19.3. The quantitative estimate of drug-likeness (QED) is 0.695. The van der Waals surface area contributed by atoms with Gasteiger partial charge in [-0.15, -0.1) is 0 Å². The van der Waals surface area contributed by atoms with Crippen molar-refractivity contribution in [1.82, 2.24) is 5.32 Å². The second-order valence-electron chi connectivity index (χ2n) is 11.2. The molecule has 0 unspecified atom stereocenters. The zero-order valence-electron chi connectivity index (χ0n) is 19.3. The van der Waals surface area contributed by atoms with E-state index in [1.165, 1.54) is 12.0 Å². The predicted octanol–water partition coefficient (Wildman–Crippen LogP) is 5.16. The molecule has 5 rings (SSSR count). The minimum atomic E-state index is 0.0528. The van der Waals surface area contributed by atoms with Crippen molar-refractivity contribution in [3.63, 3.8) is 0 Å². The maximum Gasteiger partial charge on any atom is 0.243 e. The normalized spacial score (nSPS) is 41.0. The molecule has 4 nitrogen and oxygen atoms in total. The number of benzene rings is 1. The molecule has 1 heterocycles. The summed E-state index contributed by atoms with van der Waals surface area (Å²) in [5.74, 6) is 2.21. The van der Waals surface area contributed by atoms with E-state index in [1.54, 1.807) is 6.08 Å². The number of fused-ring (bicyclic) bond motifs is 5. The van der Waals surface area contributed by atoms with Crippen LogP contribution in [0.2, 0.25) is 0 Å². The number of carbonyl (C=O) groups excluding carboxylic acids is 2. The summed E-state index contributed by atoms with van der Waals surface area (Å²) in [6, 6.07) is 6.54. The van der Waals surface area contributed by atoms with E-state index >= 15 is 0 Å². The molecule has 1 aliphatic heterocycles. The van der Waals surface area contributed by atoms with E-state index in [1.807, 2.05) is 0 Å². The fourth-order valence-corrected chi connectivity index (χ4v) is 7.85. The number of carbonyl (C=O) groups is 2. The number of hydrogen-bond acceptors (Lipinski definition) is 2. The minimum absolute atomic E-state index is 0.0528. The summed E-state index contributed by atoms with van der Waals surface area (Å²) in [4.78, 5) is 25.4. The highest BCUT2D eigenvalue weighted by Crippen LogP contribution is 2.65. The third-order valence-electron chi connectivity index (χ3n) is 9.65. The number of amides is 2. The molecule has 0 aromatic heterocycles. The summed E-state index contributed by atoms with van der Waals surface area (Å²) in [7, 11) is 0. The van der Waals surface area contributed by atoms with Crippen LogP contribution >= 0.6 is 0 Å². The standard InChI is InChI=1S/C27H36N2O2/c1-16-5-6-17(2)22(15-16)28-25(31)21-9-8-19-18-7-10-23-27(4,14-12-24(30)29-23)20(18)11-13-26(19,21)3/h5-6,12,14-15,18-21,23H,7-11,13H2,1-4H3,(H,28,31)(H,29,30)/t18-,19-,20-,21+,23+,26-,27+/m0/s1. The van der Waals surface area contributed by atoms with E-state index in [2.05, 4.69) is 62.6 Å². The maximum atomic E-state index is 13.5. The van der Waals surface area contributed by atoms with Gasteiger partial charge < -0.3 is 10.6 Å². The van der Waals surface area contributed by atoms with Gasteiger partial charge in [0.25, 0.3) is 0 Å². The van der Waals surface area contributed by atoms with Gasteiger partial charge in [-0.25, -0.2) is 0 Å². The number of aryl methyl sites for hydroxylation is 2. The van der Waals surface area contributed by atoms with E-state index in [4.69, 9.17) is 0 Å². The molecule has 0 bridgehead atoms. The minimum Gasteiger partial charge on any atom is -0.349 e. The number of rotatable bonds is 2. The molecule has 31 heavy (non-hydrogen) atoms. The lowest BCUT2D eigenvalue weighted by molar-refractivity contribution is -0.129. The predicted molar refractivity (Wildman–Crippen MR) is 123 cm³/mol. The van der Waals surface area contributed by atoms with Crippen LogP contribution in [-0.4, -0.2) is 17.9 Å². The summed E-state index contributed by atoms with van der Waals surface area (Å²) < 4.78 is 0. The summed E-state index contributed by atoms with van der Waals surface area (Å²) in [5.41, 5.74) is 3.39. The molecule has 4 heteroatoms. The van der Waals surface area contributed by atoms with Crippen LogP contribution in [0.5, 0.6) is 0 Å². The molecule has 4 aliphatic rings. The van der Waals surface area contributed by atoms with Crippen LogP contribution in [0.1, 0.15) is 63.5 Å². The monoisotopic (exact) mass is 420 g/mol. The zero-order chi connectivity index (χ0) is 22.0. The van der Waals surface area contributed by atoms with Gasteiger partial charge in [0.05, 0.1) is 0 Å². The highest BCUT2D eigenvalue weighted by atomic mass is 16.2. The molecule has 3 fully saturated rings. The molecular weight excluding hydrogens is 384 g/mol. The van der Waals surface area contributed by atoms with E-state index in [0.29, 0.717) is 17.8 Å². The summed E-state index contributed by atoms with van der Waals surface area (Å²) in [6.07, 6.45) is 10.6. The van der Waals surface area contributed by atoms with Crippen LogP contribution in [0.15, 0.2) is 30.4 Å². The Bertz CT molecular complexity index is 953. The summed E-state index contributed by atoms with van der Waals surface area (Å²) >= 11 is 0. The van der Waals surface area contributed by atoms with Gasteiger partial charge in [0.15, 0.2) is 0 Å². The highest BCUT2D eigenvalue weighted by Gasteiger charge is 2.60.